The molecule has 0 aromatic rings. The summed E-state index contributed by atoms with van der Waals surface area (Å²) < 4.78 is 0. The summed E-state index contributed by atoms with van der Waals surface area (Å²) in [5, 5.41) is 0. The summed E-state index contributed by atoms with van der Waals surface area (Å²) in [5.74, 6) is 1.83. The molecule has 0 heteroatoms. The highest BCUT2D eigenvalue weighted by atomic mass is 14.0. The van der Waals surface area contributed by atoms with Gasteiger partial charge in [-0.1, -0.05) is 81.1 Å². The Kier molecular flexibility index (Phi) is 26.1. The van der Waals surface area contributed by atoms with E-state index in [1.165, 1.54) is 25.7 Å². The summed E-state index contributed by atoms with van der Waals surface area (Å²) in [6.07, 6.45) is 5.39. The molecule has 0 radical (unpaired) electrons. The molecule has 0 aliphatic heterocycles. The van der Waals surface area contributed by atoms with Gasteiger partial charge in [0.2, 0.25) is 0 Å². The third-order valence-corrected chi connectivity index (χ3v) is 2.29. The largest absolute Gasteiger partial charge is 0.0683 e. The molecular weight excluding hydrogens is 168 g/mol. The van der Waals surface area contributed by atoms with Crippen molar-refractivity contribution in [3.8, 4) is 0 Å². The highest BCUT2D eigenvalue weighted by molar-refractivity contribution is 4.45. The molecule has 0 N–H and O–H groups in total. The van der Waals surface area contributed by atoms with Crippen LogP contribution in [0.15, 0.2) is 0 Å². The van der Waals surface area contributed by atoms with Crippen LogP contribution in [0.25, 0.3) is 0 Å². The quantitative estimate of drug-likeness (QED) is 0.531. The van der Waals surface area contributed by atoms with Crippen molar-refractivity contribution in [3.05, 3.63) is 0 Å². The zero-order chi connectivity index (χ0) is 12.0. The molecule has 0 amide bonds. The fraction of sp³-hybridized carbons (Fsp3) is 1.00. The molecule has 14 heavy (non-hydrogen) atoms. The molecule has 90 valence electrons. The molecular formula is C14H34. The Balaban J connectivity index is -0.000000152. The average molecular weight is 202 g/mol. The Morgan fingerprint density at radius 1 is 0.786 bits per heavy atom. The van der Waals surface area contributed by atoms with Gasteiger partial charge in [-0.25, -0.2) is 0 Å². The Labute approximate surface area is 93.5 Å². The van der Waals surface area contributed by atoms with Gasteiger partial charge < -0.3 is 0 Å². The summed E-state index contributed by atoms with van der Waals surface area (Å²) in [6, 6.07) is 0. The molecule has 0 heterocycles. The average Bonchev–Trinajstić information content (AvgIpc) is 2.22. The Hall–Kier alpha value is 0. The molecule has 1 atom stereocenters. The first-order chi connectivity index (χ1) is 6.58. The van der Waals surface area contributed by atoms with Crippen LogP contribution >= 0.6 is 0 Å². The van der Waals surface area contributed by atoms with Gasteiger partial charge in [0.05, 0.1) is 0 Å². The second-order valence-corrected chi connectivity index (χ2v) is 4.10. The van der Waals surface area contributed by atoms with Crippen LogP contribution in [0, 0.1) is 11.8 Å². The molecule has 0 saturated carbocycles. The molecule has 0 nitrogen and oxygen atoms in total. The maximum atomic E-state index is 2.31. The maximum absolute atomic E-state index is 2.31. The van der Waals surface area contributed by atoms with Crippen molar-refractivity contribution in [2.45, 2.75) is 81.1 Å². The monoisotopic (exact) mass is 202 g/mol. The molecule has 0 spiro atoms. The molecule has 0 rings (SSSR count). The van der Waals surface area contributed by atoms with Crippen molar-refractivity contribution in [1.29, 1.82) is 0 Å². The maximum Gasteiger partial charge on any atom is -0.0446 e. The Bertz CT molecular complexity index is 64.4. The van der Waals surface area contributed by atoms with E-state index in [0.29, 0.717) is 0 Å². The molecule has 0 saturated heterocycles. The van der Waals surface area contributed by atoms with Gasteiger partial charge >= 0.3 is 0 Å². The molecule has 0 aromatic carbocycles. The fourth-order valence-corrected chi connectivity index (χ4v) is 0.697. The number of hydrogen-bond acceptors (Lipinski definition) is 0. The van der Waals surface area contributed by atoms with Crippen molar-refractivity contribution in [3.63, 3.8) is 0 Å². The zero-order valence-electron chi connectivity index (χ0n) is 12.0. The first-order valence-corrected chi connectivity index (χ1v) is 6.58. The van der Waals surface area contributed by atoms with Gasteiger partial charge in [-0.05, 0) is 11.8 Å². The van der Waals surface area contributed by atoms with Crippen LogP contribution in [0.5, 0.6) is 0 Å². The van der Waals surface area contributed by atoms with E-state index in [9.17, 15) is 0 Å². The van der Waals surface area contributed by atoms with Gasteiger partial charge in [-0.15, -0.1) is 0 Å². The molecule has 0 aromatic heterocycles. The smallest absolute Gasteiger partial charge is 0.0446 e. The van der Waals surface area contributed by atoms with E-state index in [2.05, 4.69) is 41.5 Å². The predicted molar refractivity (Wildman–Crippen MR) is 70.8 cm³/mol. The normalized spacial score (nSPS) is 10.9. The first kappa shape index (κ1) is 19.6. The Morgan fingerprint density at radius 3 is 1.21 bits per heavy atom. The lowest BCUT2D eigenvalue weighted by Gasteiger charge is -2.02. The van der Waals surface area contributed by atoms with Crippen LogP contribution < -0.4 is 0 Å². The van der Waals surface area contributed by atoms with E-state index in [0.717, 1.165) is 11.8 Å². The van der Waals surface area contributed by atoms with Gasteiger partial charge in [-0.2, -0.15) is 0 Å². The van der Waals surface area contributed by atoms with Crippen molar-refractivity contribution in [2.75, 3.05) is 0 Å². The number of hydrogen-bond donors (Lipinski definition) is 0. The van der Waals surface area contributed by atoms with Gasteiger partial charge in [-0.3, -0.25) is 0 Å². The van der Waals surface area contributed by atoms with Gasteiger partial charge in [0.25, 0.3) is 0 Å². The lowest BCUT2D eigenvalue weighted by Crippen LogP contribution is -1.88. The second kappa shape index (κ2) is 18.7. The molecule has 0 aliphatic carbocycles. The van der Waals surface area contributed by atoms with E-state index in [-0.39, 0.29) is 0 Å². The van der Waals surface area contributed by atoms with Gasteiger partial charge in [0.1, 0.15) is 0 Å². The summed E-state index contributed by atoms with van der Waals surface area (Å²) in [5.41, 5.74) is 0. The minimum atomic E-state index is 0.884. The minimum Gasteiger partial charge on any atom is -0.0683 e. The van der Waals surface area contributed by atoms with E-state index in [1.54, 1.807) is 0 Å². The molecule has 1 unspecified atom stereocenters. The topological polar surface area (TPSA) is 0 Å². The molecule has 0 aliphatic rings. The lowest BCUT2D eigenvalue weighted by molar-refractivity contribution is 0.509. The van der Waals surface area contributed by atoms with E-state index >= 15 is 0 Å². The van der Waals surface area contributed by atoms with Crippen LogP contribution in [0.4, 0.5) is 0 Å². The van der Waals surface area contributed by atoms with Crippen LogP contribution in [0.2, 0.25) is 0 Å². The van der Waals surface area contributed by atoms with Crippen LogP contribution in [-0.4, -0.2) is 0 Å². The van der Waals surface area contributed by atoms with Crippen LogP contribution in [-0.2, 0) is 0 Å². The third-order valence-electron chi connectivity index (χ3n) is 2.29. The van der Waals surface area contributed by atoms with Crippen LogP contribution in [0.3, 0.4) is 0 Å². The van der Waals surface area contributed by atoms with Crippen molar-refractivity contribution < 1.29 is 0 Å². The molecule has 0 fully saturated rings. The fourth-order valence-electron chi connectivity index (χ4n) is 0.697. The van der Waals surface area contributed by atoms with Gasteiger partial charge in [0, 0.05) is 0 Å². The van der Waals surface area contributed by atoms with Crippen molar-refractivity contribution in [2.24, 2.45) is 11.8 Å². The van der Waals surface area contributed by atoms with Crippen molar-refractivity contribution in [1.82, 2.24) is 0 Å². The van der Waals surface area contributed by atoms with Crippen molar-refractivity contribution >= 4 is 0 Å². The van der Waals surface area contributed by atoms with Gasteiger partial charge in [0.15, 0.2) is 0 Å². The zero-order valence-corrected chi connectivity index (χ0v) is 12.0. The Morgan fingerprint density at radius 2 is 1.14 bits per heavy atom. The summed E-state index contributed by atoms with van der Waals surface area (Å²) >= 11 is 0. The molecule has 0 bridgehead atoms. The highest BCUT2D eigenvalue weighted by Gasteiger charge is 1.92. The summed E-state index contributed by atoms with van der Waals surface area (Å²) in [4.78, 5) is 0. The van der Waals surface area contributed by atoms with Crippen LogP contribution in [0.1, 0.15) is 81.1 Å². The summed E-state index contributed by atoms with van der Waals surface area (Å²) in [6.45, 7) is 17.4. The first-order valence-electron chi connectivity index (χ1n) is 6.58. The van der Waals surface area contributed by atoms with E-state index in [1.807, 2.05) is 13.8 Å². The minimum absolute atomic E-state index is 0.884. The number of rotatable bonds is 4. The van der Waals surface area contributed by atoms with E-state index in [4.69, 9.17) is 0 Å². The highest BCUT2D eigenvalue weighted by Crippen LogP contribution is 2.07. The standard InChI is InChI=1S/C7H16.C5H12.C2H6/c1-4-6-7(3)5-2;1-4-5(2)3;1-2/h7H,4-6H2,1-3H3;5H,4H2,1-3H3;1-2H3. The van der Waals surface area contributed by atoms with E-state index < -0.39 is 0 Å². The third kappa shape index (κ3) is 29.6. The lowest BCUT2D eigenvalue weighted by atomic mass is 10.0. The summed E-state index contributed by atoms with van der Waals surface area (Å²) in [7, 11) is 0. The second-order valence-electron chi connectivity index (χ2n) is 4.10. The predicted octanol–water partition coefficient (Wildman–Crippen LogP) is 5.91. The SMILES string of the molecule is CC.CCC(C)C.CCCC(C)CC.